The predicted molar refractivity (Wildman–Crippen MR) is 87.9 cm³/mol. The summed E-state index contributed by atoms with van der Waals surface area (Å²) in [4.78, 5) is 9.39. The molecule has 4 heteroatoms. The van der Waals surface area contributed by atoms with E-state index in [1.807, 2.05) is 11.3 Å². The van der Waals surface area contributed by atoms with Crippen molar-refractivity contribution >= 4 is 11.3 Å². The van der Waals surface area contributed by atoms with Gasteiger partial charge in [-0.3, -0.25) is 4.90 Å². The number of nitrogens with zero attached hydrogens (tertiary/aromatic N) is 2. The predicted octanol–water partition coefficient (Wildman–Crippen LogP) is 3.08. The first-order chi connectivity index (χ1) is 10.3. The number of nitrogens with one attached hydrogen (secondary N) is 1. The maximum absolute atomic E-state index is 5.10. The van der Waals surface area contributed by atoms with Crippen molar-refractivity contribution in [2.45, 2.75) is 69.9 Å². The van der Waals surface area contributed by atoms with Crippen LogP contribution in [-0.2, 0) is 18.4 Å². The zero-order valence-electron chi connectivity index (χ0n) is 13.2. The van der Waals surface area contributed by atoms with Crippen molar-refractivity contribution in [3.05, 3.63) is 15.6 Å². The molecule has 21 heavy (non-hydrogen) atoms. The van der Waals surface area contributed by atoms with Gasteiger partial charge < -0.3 is 5.32 Å². The third-order valence-electron chi connectivity index (χ3n) is 5.33. The van der Waals surface area contributed by atoms with Crippen molar-refractivity contribution in [2.75, 3.05) is 19.6 Å². The third-order valence-corrected chi connectivity index (χ3v) is 6.69. The standard InChI is InChI=1S/C17H27N3S/c1-2-10-18-17(9-11-20(12-17)13-7-8-13)16-19-14-5-3-4-6-15(14)21-16/h13,18H,2-12H2,1H3. The zero-order chi connectivity index (χ0) is 14.3. The molecule has 0 bridgehead atoms. The lowest BCUT2D eigenvalue weighted by atomic mass is 9.98. The van der Waals surface area contributed by atoms with Crippen LogP contribution in [0.2, 0.25) is 0 Å². The molecular formula is C17H27N3S. The van der Waals surface area contributed by atoms with Crippen LogP contribution >= 0.6 is 11.3 Å². The van der Waals surface area contributed by atoms with Crippen LogP contribution in [0.4, 0.5) is 0 Å². The van der Waals surface area contributed by atoms with Crippen LogP contribution in [0.25, 0.3) is 0 Å². The van der Waals surface area contributed by atoms with Crippen molar-refractivity contribution in [1.82, 2.24) is 15.2 Å². The van der Waals surface area contributed by atoms with E-state index in [2.05, 4.69) is 17.1 Å². The number of likely N-dealkylation sites (tertiary alicyclic amines) is 1. The molecule has 2 aliphatic carbocycles. The Morgan fingerprint density at radius 2 is 2.19 bits per heavy atom. The SMILES string of the molecule is CCCNC1(c2nc3c(s2)CCCC3)CCN(C2CC2)C1. The van der Waals surface area contributed by atoms with E-state index in [9.17, 15) is 0 Å². The highest BCUT2D eigenvalue weighted by Crippen LogP contribution is 2.41. The Morgan fingerprint density at radius 1 is 1.33 bits per heavy atom. The molecule has 0 spiro atoms. The van der Waals surface area contributed by atoms with E-state index < -0.39 is 0 Å². The van der Waals surface area contributed by atoms with Crippen LogP contribution < -0.4 is 5.32 Å². The zero-order valence-corrected chi connectivity index (χ0v) is 14.0. The summed E-state index contributed by atoms with van der Waals surface area (Å²) >= 11 is 2.02. The monoisotopic (exact) mass is 305 g/mol. The molecule has 1 saturated heterocycles. The van der Waals surface area contributed by atoms with Gasteiger partial charge in [0.15, 0.2) is 0 Å². The number of rotatable bonds is 5. The third kappa shape index (κ3) is 2.66. The van der Waals surface area contributed by atoms with E-state index in [1.54, 1.807) is 4.88 Å². The highest BCUT2D eigenvalue weighted by atomic mass is 32.1. The van der Waals surface area contributed by atoms with E-state index in [0.717, 1.165) is 12.6 Å². The first-order valence-electron chi connectivity index (χ1n) is 8.79. The summed E-state index contributed by atoms with van der Waals surface area (Å²) < 4.78 is 0. The van der Waals surface area contributed by atoms with Gasteiger partial charge in [0.1, 0.15) is 5.01 Å². The molecule has 2 fully saturated rings. The Hall–Kier alpha value is -0.450. The van der Waals surface area contributed by atoms with Gasteiger partial charge in [0.25, 0.3) is 0 Å². The van der Waals surface area contributed by atoms with Gasteiger partial charge in [0.05, 0.1) is 11.2 Å². The minimum absolute atomic E-state index is 0.153. The molecule has 0 amide bonds. The number of hydrogen-bond donors (Lipinski definition) is 1. The van der Waals surface area contributed by atoms with Crippen molar-refractivity contribution in [3.63, 3.8) is 0 Å². The molecular weight excluding hydrogens is 278 g/mol. The lowest BCUT2D eigenvalue weighted by Crippen LogP contribution is -2.45. The number of hydrogen-bond acceptors (Lipinski definition) is 4. The van der Waals surface area contributed by atoms with Gasteiger partial charge in [-0.1, -0.05) is 6.92 Å². The summed E-state index contributed by atoms with van der Waals surface area (Å²) in [5, 5.41) is 5.28. The molecule has 1 saturated carbocycles. The van der Waals surface area contributed by atoms with Crippen LogP contribution in [0, 0.1) is 0 Å². The van der Waals surface area contributed by atoms with Gasteiger partial charge in [0, 0.05) is 24.0 Å². The fraction of sp³-hybridized carbons (Fsp3) is 0.824. The molecule has 1 aliphatic heterocycles. The second-order valence-electron chi connectivity index (χ2n) is 7.06. The first kappa shape index (κ1) is 14.2. The van der Waals surface area contributed by atoms with Gasteiger partial charge in [-0.25, -0.2) is 4.98 Å². The van der Waals surface area contributed by atoms with E-state index in [-0.39, 0.29) is 5.54 Å². The quantitative estimate of drug-likeness (QED) is 0.906. The Kier molecular flexibility index (Phi) is 3.80. The molecule has 1 N–H and O–H groups in total. The number of thiazole rings is 1. The largest absolute Gasteiger partial charge is 0.304 e. The van der Waals surface area contributed by atoms with Gasteiger partial charge in [-0.15, -0.1) is 11.3 Å². The smallest absolute Gasteiger partial charge is 0.115 e. The normalized spacial score (nSPS) is 29.8. The van der Waals surface area contributed by atoms with Gasteiger partial charge >= 0.3 is 0 Å². The Balaban J connectivity index is 1.61. The highest BCUT2D eigenvalue weighted by Gasteiger charge is 2.46. The van der Waals surface area contributed by atoms with Crippen LogP contribution in [-0.4, -0.2) is 35.6 Å². The maximum atomic E-state index is 5.10. The summed E-state index contributed by atoms with van der Waals surface area (Å²) in [6.07, 6.45) is 10.5. The Bertz CT molecular complexity index is 485. The lowest BCUT2D eigenvalue weighted by Gasteiger charge is -2.29. The molecule has 0 aromatic carbocycles. The average molecular weight is 305 g/mol. The molecule has 1 unspecified atom stereocenters. The van der Waals surface area contributed by atoms with Crippen molar-refractivity contribution in [3.8, 4) is 0 Å². The average Bonchev–Trinajstić information content (AvgIpc) is 3.12. The molecule has 2 heterocycles. The molecule has 1 aromatic rings. The molecule has 1 atom stereocenters. The fourth-order valence-electron chi connectivity index (χ4n) is 3.91. The van der Waals surface area contributed by atoms with Crippen LogP contribution in [0.15, 0.2) is 0 Å². The number of aryl methyl sites for hydroxylation is 2. The molecule has 116 valence electrons. The number of fused-ring (bicyclic) bond motifs is 1. The van der Waals surface area contributed by atoms with Crippen LogP contribution in [0.3, 0.4) is 0 Å². The molecule has 3 nitrogen and oxygen atoms in total. The first-order valence-corrected chi connectivity index (χ1v) is 9.60. The van der Waals surface area contributed by atoms with Crippen molar-refractivity contribution < 1.29 is 0 Å². The van der Waals surface area contributed by atoms with Crippen molar-refractivity contribution in [1.29, 1.82) is 0 Å². The maximum Gasteiger partial charge on any atom is 0.115 e. The molecule has 1 aromatic heterocycles. The Labute approximate surface area is 132 Å². The minimum Gasteiger partial charge on any atom is -0.304 e. The summed E-state index contributed by atoms with van der Waals surface area (Å²) in [5.74, 6) is 0. The van der Waals surface area contributed by atoms with E-state index in [0.29, 0.717) is 0 Å². The molecule has 0 radical (unpaired) electrons. The second-order valence-corrected chi connectivity index (χ2v) is 8.14. The minimum atomic E-state index is 0.153. The van der Waals surface area contributed by atoms with E-state index in [1.165, 1.54) is 75.2 Å². The summed E-state index contributed by atoms with van der Waals surface area (Å²) in [6.45, 7) is 5.82. The van der Waals surface area contributed by atoms with Gasteiger partial charge in [-0.2, -0.15) is 0 Å². The Morgan fingerprint density at radius 3 is 2.95 bits per heavy atom. The number of aromatic nitrogens is 1. The van der Waals surface area contributed by atoms with Gasteiger partial charge in [-0.05, 0) is 57.9 Å². The summed E-state index contributed by atoms with van der Waals surface area (Å²) in [5.41, 5.74) is 1.57. The topological polar surface area (TPSA) is 28.2 Å². The lowest BCUT2D eigenvalue weighted by molar-refractivity contribution is 0.274. The second kappa shape index (κ2) is 5.64. The molecule has 4 rings (SSSR count). The van der Waals surface area contributed by atoms with Crippen LogP contribution in [0.5, 0.6) is 0 Å². The van der Waals surface area contributed by atoms with Crippen LogP contribution in [0.1, 0.15) is 61.0 Å². The van der Waals surface area contributed by atoms with Gasteiger partial charge in [0.2, 0.25) is 0 Å². The molecule has 3 aliphatic rings. The van der Waals surface area contributed by atoms with E-state index >= 15 is 0 Å². The highest BCUT2D eigenvalue weighted by molar-refractivity contribution is 7.11. The summed E-state index contributed by atoms with van der Waals surface area (Å²) in [6, 6.07) is 0.880. The van der Waals surface area contributed by atoms with E-state index in [4.69, 9.17) is 4.98 Å². The van der Waals surface area contributed by atoms with Crippen molar-refractivity contribution in [2.24, 2.45) is 0 Å². The fourth-order valence-corrected chi connectivity index (χ4v) is 5.24. The summed E-state index contributed by atoms with van der Waals surface area (Å²) in [7, 11) is 0.